The predicted octanol–water partition coefficient (Wildman–Crippen LogP) is 3.59. The van der Waals surface area contributed by atoms with Crippen LogP contribution in [0.15, 0.2) is 42.5 Å². The molecule has 1 aliphatic carbocycles. The molecule has 1 aliphatic rings. The summed E-state index contributed by atoms with van der Waals surface area (Å²) in [6.45, 7) is -2.68. The van der Waals surface area contributed by atoms with Gasteiger partial charge in [-0.2, -0.15) is 8.78 Å². The first-order valence-electron chi connectivity index (χ1n) is 8.96. The van der Waals surface area contributed by atoms with Crippen molar-refractivity contribution in [3.05, 3.63) is 53.6 Å². The molecule has 7 nitrogen and oxygen atoms in total. The van der Waals surface area contributed by atoms with Gasteiger partial charge in [-0.3, -0.25) is 4.79 Å². The summed E-state index contributed by atoms with van der Waals surface area (Å²) in [7, 11) is 1.36. The fourth-order valence-corrected chi connectivity index (χ4v) is 2.99. The summed E-state index contributed by atoms with van der Waals surface area (Å²) in [6, 6.07) is 10.5. The fraction of sp³-hybridized carbons (Fsp3) is 0.300. The van der Waals surface area contributed by atoms with Crippen LogP contribution in [0.25, 0.3) is 0 Å². The highest BCUT2D eigenvalue weighted by Gasteiger charge is 2.33. The number of halogens is 2. The van der Waals surface area contributed by atoms with Gasteiger partial charge in [0.1, 0.15) is 0 Å². The van der Waals surface area contributed by atoms with Crippen molar-refractivity contribution in [1.29, 1.82) is 0 Å². The van der Waals surface area contributed by atoms with E-state index in [4.69, 9.17) is 10.5 Å². The molecule has 0 unspecified atom stereocenters. The standard InChI is InChI=1S/C20H21F2N3O4/c1-28-17-9-12(5-8-16(17)29-19(21)22)11-25(15-6-7-15)18(26)13-3-2-4-14(10-13)24-20(23)27/h2-5,8-10,15,19H,6-7,11H2,1H3,(H3,23,24,27). The molecular weight excluding hydrogens is 384 g/mol. The predicted molar refractivity (Wildman–Crippen MR) is 102 cm³/mol. The van der Waals surface area contributed by atoms with E-state index in [0.29, 0.717) is 11.3 Å². The van der Waals surface area contributed by atoms with E-state index in [1.165, 1.54) is 13.2 Å². The molecule has 9 heteroatoms. The summed E-state index contributed by atoms with van der Waals surface area (Å²) in [4.78, 5) is 25.8. The van der Waals surface area contributed by atoms with Gasteiger partial charge in [0.05, 0.1) is 7.11 Å². The second-order valence-electron chi connectivity index (χ2n) is 6.60. The van der Waals surface area contributed by atoms with Crippen molar-refractivity contribution in [2.24, 2.45) is 5.73 Å². The lowest BCUT2D eigenvalue weighted by Crippen LogP contribution is -2.32. The third-order valence-corrected chi connectivity index (χ3v) is 4.42. The molecule has 0 saturated heterocycles. The van der Waals surface area contributed by atoms with Crippen LogP contribution in [0.2, 0.25) is 0 Å². The van der Waals surface area contributed by atoms with E-state index in [1.54, 1.807) is 41.3 Å². The molecule has 154 valence electrons. The maximum absolute atomic E-state index is 13.1. The number of methoxy groups -OCH3 is 1. The van der Waals surface area contributed by atoms with Crippen LogP contribution in [0.4, 0.5) is 19.3 Å². The Morgan fingerprint density at radius 3 is 2.59 bits per heavy atom. The second-order valence-corrected chi connectivity index (χ2v) is 6.60. The van der Waals surface area contributed by atoms with Crippen LogP contribution in [0.5, 0.6) is 11.5 Å². The Kier molecular flexibility index (Phi) is 6.16. The van der Waals surface area contributed by atoms with E-state index in [-0.39, 0.29) is 30.0 Å². The van der Waals surface area contributed by atoms with Crippen molar-refractivity contribution >= 4 is 17.6 Å². The highest BCUT2D eigenvalue weighted by atomic mass is 19.3. The molecule has 3 amide bonds. The molecule has 0 bridgehead atoms. The van der Waals surface area contributed by atoms with Crippen molar-refractivity contribution in [3.8, 4) is 11.5 Å². The van der Waals surface area contributed by atoms with Gasteiger partial charge >= 0.3 is 12.6 Å². The van der Waals surface area contributed by atoms with Crippen LogP contribution in [0.1, 0.15) is 28.8 Å². The second kappa shape index (κ2) is 8.76. The molecule has 3 N–H and O–H groups in total. The van der Waals surface area contributed by atoms with Gasteiger partial charge < -0.3 is 25.4 Å². The molecule has 0 atom stereocenters. The summed E-state index contributed by atoms with van der Waals surface area (Å²) in [5, 5.41) is 2.45. The molecule has 2 aromatic carbocycles. The van der Waals surface area contributed by atoms with Crippen LogP contribution in [-0.4, -0.2) is 36.6 Å². The van der Waals surface area contributed by atoms with Crippen molar-refractivity contribution in [3.63, 3.8) is 0 Å². The number of ether oxygens (including phenoxy) is 2. The largest absolute Gasteiger partial charge is 0.493 e. The first-order chi connectivity index (χ1) is 13.9. The Bertz CT molecular complexity index is 903. The maximum atomic E-state index is 13.1. The number of carbonyl (C=O) groups excluding carboxylic acids is 2. The van der Waals surface area contributed by atoms with Crippen LogP contribution in [0.3, 0.4) is 0 Å². The molecule has 2 aromatic rings. The number of alkyl halides is 2. The molecule has 0 spiro atoms. The van der Waals surface area contributed by atoms with Gasteiger partial charge in [-0.1, -0.05) is 12.1 Å². The van der Waals surface area contributed by atoms with E-state index in [1.807, 2.05) is 0 Å². The first kappa shape index (κ1) is 20.4. The fourth-order valence-electron chi connectivity index (χ4n) is 2.99. The van der Waals surface area contributed by atoms with Crippen molar-refractivity contribution in [2.45, 2.75) is 32.0 Å². The van der Waals surface area contributed by atoms with Gasteiger partial charge in [-0.25, -0.2) is 4.79 Å². The molecule has 0 heterocycles. The number of nitrogens with one attached hydrogen (secondary N) is 1. The highest BCUT2D eigenvalue weighted by molar-refractivity contribution is 5.97. The summed E-state index contributed by atoms with van der Waals surface area (Å²) in [6.07, 6.45) is 1.77. The molecule has 1 fully saturated rings. The summed E-state index contributed by atoms with van der Waals surface area (Å²) in [5.74, 6) is -0.105. The average Bonchev–Trinajstić information content (AvgIpc) is 3.51. The summed E-state index contributed by atoms with van der Waals surface area (Å²) in [5.41, 5.74) is 6.68. The van der Waals surface area contributed by atoms with Crippen LogP contribution < -0.4 is 20.5 Å². The van der Waals surface area contributed by atoms with Gasteiger partial charge in [-0.15, -0.1) is 0 Å². The lowest BCUT2D eigenvalue weighted by molar-refractivity contribution is -0.0512. The normalized spacial score (nSPS) is 13.1. The number of rotatable bonds is 8. The highest BCUT2D eigenvalue weighted by Crippen LogP contribution is 2.33. The Morgan fingerprint density at radius 2 is 1.97 bits per heavy atom. The molecule has 0 radical (unpaired) electrons. The third-order valence-electron chi connectivity index (χ3n) is 4.42. The van der Waals surface area contributed by atoms with Gasteiger partial charge in [0.2, 0.25) is 0 Å². The zero-order valence-electron chi connectivity index (χ0n) is 15.7. The number of amides is 3. The Balaban J connectivity index is 1.80. The number of anilines is 1. The molecule has 0 aromatic heterocycles. The number of hydrogen-bond acceptors (Lipinski definition) is 4. The summed E-state index contributed by atoms with van der Waals surface area (Å²) >= 11 is 0. The average molecular weight is 405 g/mol. The van der Waals surface area contributed by atoms with Crippen LogP contribution in [0, 0.1) is 0 Å². The number of urea groups is 1. The molecule has 1 saturated carbocycles. The van der Waals surface area contributed by atoms with E-state index in [0.717, 1.165) is 18.4 Å². The number of benzene rings is 2. The first-order valence-corrected chi connectivity index (χ1v) is 8.96. The minimum Gasteiger partial charge on any atom is -0.493 e. The SMILES string of the molecule is COc1cc(CN(C(=O)c2cccc(NC(N)=O)c2)C2CC2)ccc1OC(F)F. The maximum Gasteiger partial charge on any atom is 0.387 e. The number of hydrogen-bond donors (Lipinski definition) is 2. The Hall–Kier alpha value is -3.36. The van der Waals surface area contributed by atoms with Gasteiger partial charge in [0, 0.05) is 23.8 Å². The minimum absolute atomic E-state index is 0.0687. The van der Waals surface area contributed by atoms with E-state index < -0.39 is 12.6 Å². The molecule has 29 heavy (non-hydrogen) atoms. The zero-order chi connectivity index (χ0) is 21.0. The monoisotopic (exact) mass is 405 g/mol. The number of carbonyl (C=O) groups is 2. The lowest BCUT2D eigenvalue weighted by atomic mass is 10.1. The molecule has 0 aliphatic heterocycles. The Morgan fingerprint density at radius 1 is 1.21 bits per heavy atom. The number of nitrogens with two attached hydrogens (primary N) is 1. The van der Waals surface area contributed by atoms with E-state index >= 15 is 0 Å². The van der Waals surface area contributed by atoms with Gasteiger partial charge in [0.15, 0.2) is 11.5 Å². The third kappa shape index (κ3) is 5.34. The minimum atomic E-state index is -2.96. The van der Waals surface area contributed by atoms with E-state index in [9.17, 15) is 18.4 Å². The molecular formula is C20H21F2N3O4. The van der Waals surface area contributed by atoms with Crippen LogP contribution in [-0.2, 0) is 6.54 Å². The Labute approximate surface area is 166 Å². The van der Waals surface area contributed by atoms with Crippen LogP contribution >= 0.6 is 0 Å². The lowest BCUT2D eigenvalue weighted by Gasteiger charge is -2.23. The molecule has 3 rings (SSSR count). The van der Waals surface area contributed by atoms with Crippen molar-refractivity contribution in [2.75, 3.05) is 12.4 Å². The number of primary amides is 1. The quantitative estimate of drug-likeness (QED) is 0.702. The van der Waals surface area contributed by atoms with E-state index in [2.05, 4.69) is 10.1 Å². The van der Waals surface area contributed by atoms with Crippen molar-refractivity contribution in [1.82, 2.24) is 4.90 Å². The zero-order valence-corrected chi connectivity index (χ0v) is 15.7. The van der Waals surface area contributed by atoms with Gasteiger partial charge in [-0.05, 0) is 48.7 Å². The van der Waals surface area contributed by atoms with Gasteiger partial charge in [0.25, 0.3) is 5.91 Å². The number of nitrogens with zero attached hydrogens (tertiary/aromatic N) is 1. The summed E-state index contributed by atoms with van der Waals surface area (Å²) < 4.78 is 34.6. The smallest absolute Gasteiger partial charge is 0.387 e. The van der Waals surface area contributed by atoms with Crippen molar-refractivity contribution < 1.29 is 27.8 Å². The topological polar surface area (TPSA) is 93.9 Å².